The molecule has 0 aliphatic carbocycles. The molecule has 5 nitrogen and oxygen atoms in total. The maximum absolute atomic E-state index is 12.5. The second-order valence-corrected chi connectivity index (χ2v) is 9.55. The molecule has 0 aromatic heterocycles. The topological polar surface area (TPSA) is 58.6 Å². The van der Waals surface area contributed by atoms with Crippen LogP contribution in [0, 0.1) is 0 Å². The summed E-state index contributed by atoms with van der Waals surface area (Å²) in [6.45, 7) is 7.38. The van der Waals surface area contributed by atoms with E-state index in [0.717, 1.165) is 16.8 Å². The molecule has 3 rings (SSSR count). The molecule has 2 aromatic rings. The van der Waals surface area contributed by atoms with Crippen LogP contribution in [0.1, 0.15) is 44.7 Å². The molecular weight excluding hydrogens is 435 g/mol. The van der Waals surface area contributed by atoms with Gasteiger partial charge in [0.25, 0.3) is 5.91 Å². The Hall–Kier alpha value is -2.24. The standard InChI is InChI=1S/C24H28Cl2N2O3/c1-24(2,3)17-7-9-21-20(13-17)28(23(30)15-31-21)12-4-5-22(29)27-11-10-16-6-8-18(25)14-19(16)26/h6-9,13-14H,4-5,10-12,15H2,1-3H3,(H,27,29). The molecule has 31 heavy (non-hydrogen) atoms. The fourth-order valence-electron chi connectivity index (χ4n) is 3.46. The highest BCUT2D eigenvalue weighted by molar-refractivity contribution is 6.35. The van der Waals surface area contributed by atoms with Crippen LogP contribution in [0.4, 0.5) is 5.69 Å². The van der Waals surface area contributed by atoms with Crippen molar-refractivity contribution in [3.63, 3.8) is 0 Å². The molecule has 0 bridgehead atoms. The SMILES string of the molecule is CC(C)(C)c1ccc2c(c1)N(CCCC(=O)NCCc1ccc(Cl)cc1Cl)C(=O)CO2. The van der Waals surface area contributed by atoms with Crippen LogP contribution >= 0.6 is 23.2 Å². The average Bonchev–Trinajstić information content (AvgIpc) is 2.70. The minimum Gasteiger partial charge on any atom is -0.482 e. The van der Waals surface area contributed by atoms with Gasteiger partial charge in [0.2, 0.25) is 5.91 Å². The fourth-order valence-corrected chi connectivity index (χ4v) is 3.96. The summed E-state index contributed by atoms with van der Waals surface area (Å²) in [5, 5.41) is 4.10. The zero-order valence-corrected chi connectivity index (χ0v) is 19.6. The molecular formula is C24H28Cl2N2O3. The van der Waals surface area contributed by atoms with Crippen molar-refractivity contribution in [2.45, 2.75) is 45.4 Å². The van der Waals surface area contributed by atoms with Crippen LogP contribution in [0.5, 0.6) is 5.75 Å². The lowest BCUT2D eigenvalue weighted by atomic mass is 9.86. The molecule has 0 radical (unpaired) electrons. The first kappa shape index (κ1) is 23.4. The van der Waals surface area contributed by atoms with E-state index in [9.17, 15) is 9.59 Å². The molecule has 166 valence electrons. The highest BCUT2D eigenvalue weighted by Crippen LogP contribution is 2.36. The molecule has 1 heterocycles. The van der Waals surface area contributed by atoms with Gasteiger partial charge in [-0.25, -0.2) is 0 Å². The number of fused-ring (bicyclic) bond motifs is 1. The third-order valence-corrected chi connectivity index (χ3v) is 5.87. The molecule has 0 spiro atoms. The number of nitrogens with zero attached hydrogens (tertiary/aromatic N) is 1. The van der Waals surface area contributed by atoms with Crippen molar-refractivity contribution in [3.8, 4) is 5.75 Å². The number of hydrogen-bond acceptors (Lipinski definition) is 3. The first-order valence-corrected chi connectivity index (χ1v) is 11.2. The number of nitrogens with one attached hydrogen (secondary N) is 1. The highest BCUT2D eigenvalue weighted by atomic mass is 35.5. The third kappa shape index (κ3) is 6.14. The van der Waals surface area contributed by atoms with Crippen molar-refractivity contribution >= 4 is 40.7 Å². The number of hydrogen-bond donors (Lipinski definition) is 1. The van der Waals surface area contributed by atoms with Gasteiger partial charge in [-0.2, -0.15) is 0 Å². The summed E-state index contributed by atoms with van der Waals surface area (Å²) in [7, 11) is 0. The van der Waals surface area contributed by atoms with Gasteiger partial charge in [0, 0.05) is 29.6 Å². The van der Waals surface area contributed by atoms with Crippen LogP contribution in [-0.4, -0.2) is 31.5 Å². The summed E-state index contributed by atoms with van der Waals surface area (Å²) in [5.74, 6) is 0.572. The van der Waals surface area contributed by atoms with Crippen LogP contribution in [0.25, 0.3) is 0 Å². The Labute approximate surface area is 193 Å². The molecule has 0 saturated heterocycles. The second-order valence-electron chi connectivity index (χ2n) is 8.71. The molecule has 2 amide bonds. The van der Waals surface area contributed by atoms with Gasteiger partial charge < -0.3 is 15.0 Å². The second kappa shape index (κ2) is 9.92. The summed E-state index contributed by atoms with van der Waals surface area (Å²) >= 11 is 12.1. The number of rotatable bonds is 7. The zero-order valence-electron chi connectivity index (χ0n) is 18.1. The van der Waals surface area contributed by atoms with Crippen molar-refractivity contribution in [3.05, 3.63) is 57.6 Å². The Bertz CT molecular complexity index is 970. The lowest BCUT2D eigenvalue weighted by Gasteiger charge is -2.31. The van der Waals surface area contributed by atoms with Crippen molar-refractivity contribution in [1.29, 1.82) is 0 Å². The highest BCUT2D eigenvalue weighted by Gasteiger charge is 2.27. The molecule has 2 aromatic carbocycles. The number of benzene rings is 2. The first-order chi connectivity index (χ1) is 14.6. The first-order valence-electron chi connectivity index (χ1n) is 10.4. The summed E-state index contributed by atoms with van der Waals surface area (Å²) in [6, 6.07) is 11.3. The minimum atomic E-state index is -0.0867. The smallest absolute Gasteiger partial charge is 0.265 e. The van der Waals surface area contributed by atoms with Gasteiger partial charge in [-0.1, -0.05) is 56.1 Å². The van der Waals surface area contributed by atoms with E-state index >= 15 is 0 Å². The molecule has 0 fully saturated rings. The van der Waals surface area contributed by atoms with Gasteiger partial charge in [-0.3, -0.25) is 9.59 Å². The predicted octanol–water partition coefficient (Wildman–Crippen LogP) is 5.16. The average molecular weight is 463 g/mol. The summed E-state index contributed by atoms with van der Waals surface area (Å²) < 4.78 is 5.58. The lowest BCUT2D eigenvalue weighted by Crippen LogP contribution is -2.40. The minimum absolute atomic E-state index is 0.0237. The summed E-state index contributed by atoms with van der Waals surface area (Å²) in [4.78, 5) is 26.4. The van der Waals surface area contributed by atoms with Crippen LogP contribution in [0.3, 0.4) is 0 Å². The quantitative estimate of drug-likeness (QED) is 0.618. The molecule has 0 saturated carbocycles. The van der Waals surface area contributed by atoms with Gasteiger partial charge >= 0.3 is 0 Å². The van der Waals surface area contributed by atoms with Gasteiger partial charge in [0.1, 0.15) is 5.75 Å². The molecule has 1 aliphatic heterocycles. The van der Waals surface area contributed by atoms with Crippen molar-refractivity contribution in [2.75, 3.05) is 24.6 Å². The monoisotopic (exact) mass is 462 g/mol. The Morgan fingerprint density at radius 2 is 1.94 bits per heavy atom. The number of amides is 2. The van der Waals surface area contributed by atoms with Crippen molar-refractivity contribution < 1.29 is 14.3 Å². The Balaban J connectivity index is 1.52. The van der Waals surface area contributed by atoms with E-state index in [4.69, 9.17) is 27.9 Å². The number of carbonyl (C=O) groups is 2. The number of ether oxygens (including phenoxy) is 1. The van der Waals surface area contributed by atoms with Gasteiger partial charge in [0.05, 0.1) is 5.69 Å². The number of anilines is 1. The van der Waals surface area contributed by atoms with Crippen LogP contribution < -0.4 is 15.0 Å². The maximum Gasteiger partial charge on any atom is 0.265 e. The summed E-state index contributed by atoms with van der Waals surface area (Å²) in [6.07, 6.45) is 1.54. The Kier molecular flexibility index (Phi) is 7.50. The van der Waals surface area contributed by atoms with Crippen LogP contribution in [0.2, 0.25) is 10.0 Å². The van der Waals surface area contributed by atoms with E-state index < -0.39 is 0 Å². The van der Waals surface area contributed by atoms with E-state index in [1.165, 1.54) is 0 Å². The van der Waals surface area contributed by atoms with E-state index in [0.29, 0.717) is 48.1 Å². The van der Waals surface area contributed by atoms with Crippen LogP contribution in [0.15, 0.2) is 36.4 Å². The number of halogens is 2. The third-order valence-electron chi connectivity index (χ3n) is 5.29. The van der Waals surface area contributed by atoms with Gasteiger partial charge in [0.15, 0.2) is 6.61 Å². The molecule has 1 N–H and O–H groups in total. The van der Waals surface area contributed by atoms with Crippen molar-refractivity contribution in [2.24, 2.45) is 0 Å². The zero-order chi connectivity index (χ0) is 22.6. The molecule has 1 aliphatic rings. The largest absolute Gasteiger partial charge is 0.482 e. The number of carbonyl (C=O) groups excluding carboxylic acids is 2. The van der Waals surface area contributed by atoms with E-state index in [1.807, 2.05) is 24.3 Å². The Morgan fingerprint density at radius 3 is 2.65 bits per heavy atom. The van der Waals surface area contributed by atoms with Gasteiger partial charge in [-0.05, 0) is 53.6 Å². The summed E-state index contributed by atoms with van der Waals surface area (Å²) in [5.41, 5.74) is 2.82. The fraction of sp³-hybridized carbons (Fsp3) is 0.417. The van der Waals surface area contributed by atoms with Crippen molar-refractivity contribution in [1.82, 2.24) is 5.32 Å². The normalized spacial score (nSPS) is 13.6. The Morgan fingerprint density at radius 1 is 1.16 bits per heavy atom. The predicted molar refractivity (Wildman–Crippen MR) is 125 cm³/mol. The van der Waals surface area contributed by atoms with E-state index in [1.54, 1.807) is 17.0 Å². The van der Waals surface area contributed by atoms with Crippen LogP contribution in [-0.2, 0) is 21.4 Å². The van der Waals surface area contributed by atoms with Gasteiger partial charge in [-0.15, -0.1) is 0 Å². The maximum atomic E-state index is 12.5. The molecule has 0 unspecified atom stereocenters. The van der Waals surface area contributed by atoms with E-state index in [-0.39, 0.29) is 23.8 Å². The molecule has 7 heteroatoms. The molecule has 0 atom stereocenters. The van der Waals surface area contributed by atoms with E-state index in [2.05, 4.69) is 26.1 Å². The lowest BCUT2D eigenvalue weighted by molar-refractivity contribution is -0.122.